The fourth-order valence-electron chi connectivity index (χ4n) is 1.87. The lowest BCUT2D eigenvalue weighted by atomic mass is 10.2. The smallest absolute Gasteiger partial charge is 0.253 e. The molecule has 0 aromatic carbocycles. The Morgan fingerprint density at radius 3 is 2.64 bits per heavy atom. The molecule has 2 heterocycles. The maximum atomic E-state index is 11.8. The van der Waals surface area contributed by atoms with Gasteiger partial charge >= 0.3 is 0 Å². The molecule has 0 unspecified atom stereocenters. The van der Waals surface area contributed by atoms with Gasteiger partial charge in [-0.25, -0.2) is 0 Å². The predicted molar refractivity (Wildman–Crippen MR) is 55.7 cm³/mol. The first kappa shape index (κ1) is 11.8. The van der Waals surface area contributed by atoms with Crippen LogP contribution in [0.3, 0.4) is 0 Å². The lowest BCUT2D eigenvalue weighted by Crippen LogP contribution is -2.48. The van der Waals surface area contributed by atoms with Crippen molar-refractivity contribution in [3.63, 3.8) is 0 Å². The van der Waals surface area contributed by atoms with E-state index in [0.29, 0.717) is 13.2 Å². The normalized spacial score (nSPS) is 27.1. The van der Waals surface area contributed by atoms with Gasteiger partial charge in [0.1, 0.15) is 6.10 Å². The fraction of sp³-hybridized carbons (Fsp3) is 0.889. The largest absolute Gasteiger partial charge is 0.366 e. The number of halogens is 1. The number of carbonyl (C=O) groups excluding carboxylic acids is 1. The first-order valence-electron chi connectivity index (χ1n) is 4.99. The summed E-state index contributed by atoms with van der Waals surface area (Å²) >= 11 is 0. The van der Waals surface area contributed by atoms with Gasteiger partial charge in [-0.05, 0) is 12.8 Å². The number of likely N-dealkylation sites (tertiary alicyclic amines) is 1. The molecular weight excluding hydrogens is 204 g/mol. The third-order valence-corrected chi connectivity index (χ3v) is 2.62. The van der Waals surface area contributed by atoms with Gasteiger partial charge in [0.05, 0.1) is 6.61 Å². The summed E-state index contributed by atoms with van der Waals surface area (Å²) in [6.45, 7) is 4.03. The molecule has 0 bridgehead atoms. The second kappa shape index (κ2) is 5.53. The number of rotatable bonds is 1. The molecule has 0 aromatic rings. The quantitative estimate of drug-likeness (QED) is 0.678. The molecule has 5 heteroatoms. The highest BCUT2D eigenvalue weighted by Gasteiger charge is 2.28. The molecule has 0 aliphatic carbocycles. The summed E-state index contributed by atoms with van der Waals surface area (Å²) in [5.41, 5.74) is 0. The van der Waals surface area contributed by atoms with E-state index in [1.165, 1.54) is 0 Å². The van der Waals surface area contributed by atoms with Crippen molar-refractivity contribution in [3.05, 3.63) is 0 Å². The Labute approximate surface area is 90.4 Å². The van der Waals surface area contributed by atoms with Gasteiger partial charge in [0.25, 0.3) is 5.91 Å². The fourth-order valence-corrected chi connectivity index (χ4v) is 1.87. The summed E-state index contributed by atoms with van der Waals surface area (Å²) in [6, 6.07) is 0. The molecule has 0 saturated carbocycles. The lowest BCUT2D eigenvalue weighted by Gasteiger charge is -2.26. The van der Waals surface area contributed by atoms with Crippen LogP contribution in [0.5, 0.6) is 0 Å². The summed E-state index contributed by atoms with van der Waals surface area (Å²) in [4.78, 5) is 13.7. The zero-order valence-electron chi connectivity index (χ0n) is 8.20. The van der Waals surface area contributed by atoms with Crippen LogP contribution < -0.4 is 5.32 Å². The van der Waals surface area contributed by atoms with Crippen molar-refractivity contribution in [3.8, 4) is 0 Å². The zero-order valence-corrected chi connectivity index (χ0v) is 9.02. The Morgan fingerprint density at radius 2 is 2.07 bits per heavy atom. The number of ether oxygens (including phenoxy) is 1. The minimum Gasteiger partial charge on any atom is -0.366 e. The molecule has 14 heavy (non-hydrogen) atoms. The molecule has 2 saturated heterocycles. The van der Waals surface area contributed by atoms with Crippen LogP contribution in [0.4, 0.5) is 0 Å². The second-order valence-corrected chi connectivity index (χ2v) is 3.60. The topological polar surface area (TPSA) is 41.6 Å². The molecular formula is C9H17ClN2O2. The Hall–Kier alpha value is -0.320. The number of nitrogens with one attached hydrogen (secondary N) is 1. The van der Waals surface area contributed by atoms with Crippen molar-refractivity contribution >= 4 is 18.3 Å². The SMILES string of the molecule is Cl.O=C([C@H]1CNCCO1)N1CCCC1. The monoisotopic (exact) mass is 220 g/mol. The van der Waals surface area contributed by atoms with Gasteiger partial charge < -0.3 is 15.0 Å². The van der Waals surface area contributed by atoms with E-state index in [4.69, 9.17) is 4.74 Å². The Bertz CT molecular complexity index is 189. The van der Waals surface area contributed by atoms with Crippen LogP contribution in [0, 0.1) is 0 Å². The predicted octanol–water partition coefficient (Wildman–Crippen LogP) is 0.0190. The summed E-state index contributed by atoms with van der Waals surface area (Å²) < 4.78 is 5.40. The molecule has 0 spiro atoms. The molecule has 82 valence electrons. The molecule has 2 aliphatic rings. The Kier molecular flexibility index (Phi) is 4.65. The van der Waals surface area contributed by atoms with Gasteiger partial charge in [0, 0.05) is 26.2 Å². The van der Waals surface area contributed by atoms with E-state index in [-0.39, 0.29) is 24.4 Å². The third-order valence-electron chi connectivity index (χ3n) is 2.62. The second-order valence-electron chi connectivity index (χ2n) is 3.60. The molecule has 0 aromatic heterocycles. The number of hydrogen-bond acceptors (Lipinski definition) is 3. The van der Waals surface area contributed by atoms with Gasteiger partial charge in [-0.3, -0.25) is 4.79 Å². The van der Waals surface area contributed by atoms with Crippen molar-refractivity contribution in [1.82, 2.24) is 10.2 Å². The average Bonchev–Trinajstić information content (AvgIpc) is 2.71. The Balaban J connectivity index is 0.000000980. The lowest BCUT2D eigenvalue weighted by molar-refractivity contribution is -0.144. The van der Waals surface area contributed by atoms with Crippen molar-refractivity contribution in [2.75, 3.05) is 32.8 Å². The van der Waals surface area contributed by atoms with Gasteiger partial charge in [-0.1, -0.05) is 0 Å². The van der Waals surface area contributed by atoms with Crippen molar-refractivity contribution in [2.45, 2.75) is 18.9 Å². The van der Waals surface area contributed by atoms with E-state index in [9.17, 15) is 4.79 Å². The minimum absolute atomic E-state index is 0. The minimum atomic E-state index is -0.230. The van der Waals surface area contributed by atoms with Crippen LogP contribution in [0.25, 0.3) is 0 Å². The highest BCUT2D eigenvalue weighted by atomic mass is 35.5. The molecule has 2 fully saturated rings. The van der Waals surface area contributed by atoms with E-state index in [1.54, 1.807) is 0 Å². The maximum Gasteiger partial charge on any atom is 0.253 e. The Morgan fingerprint density at radius 1 is 1.36 bits per heavy atom. The molecule has 2 aliphatic heterocycles. The third kappa shape index (κ3) is 2.59. The summed E-state index contributed by atoms with van der Waals surface area (Å²) in [6.07, 6.45) is 2.06. The molecule has 0 radical (unpaired) electrons. The number of morpholine rings is 1. The van der Waals surface area contributed by atoms with Gasteiger partial charge in [-0.2, -0.15) is 0 Å². The van der Waals surface area contributed by atoms with Crippen molar-refractivity contribution in [2.24, 2.45) is 0 Å². The standard InChI is InChI=1S/C9H16N2O2.ClH/c12-9(11-4-1-2-5-11)8-7-10-3-6-13-8;/h8,10H,1-7H2;1H/t8-;/m1./s1. The van der Waals surface area contributed by atoms with Crippen LogP contribution in [-0.2, 0) is 9.53 Å². The highest BCUT2D eigenvalue weighted by Crippen LogP contribution is 2.11. The van der Waals surface area contributed by atoms with E-state index < -0.39 is 0 Å². The van der Waals surface area contributed by atoms with Crippen LogP contribution in [0.1, 0.15) is 12.8 Å². The summed E-state index contributed by atoms with van der Waals surface area (Å²) in [7, 11) is 0. The summed E-state index contributed by atoms with van der Waals surface area (Å²) in [5.74, 6) is 0.171. The number of amides is 1. The van der Waals surface area contributed by atoms with Gasteiger partial charge in [0.2, 0.25) is 0 Å². The van der Waals surface area contributed by atoms with E-state index >= 15 is 0 Å². The van der Waals surface area contributed by atoms with Crippen molar-refractivity contribution in [1.29, 1.82) is 0 Å². The average molecular weight is 221 g/mol. The number of nitrogens with zero attached hydrogens (tertiary/aromatic N) is 1. The number of carbonyl (C=O) groups is 1. The highest BCUT2D eigenvalue weighted by molar-refractivity contribution is 5.85. The first-order chi connectivity index (χ1) is 6.38. The van der Waals surface area contributed by atoms with Gasteiger partial charge in [-0.15, -0.1) is 12.4 Å². The van der Waals surface area contributed by atoms with Crippen LogP contribution >= 0.6 is 12.4 Å². The number of hydrogen-bond donors (Lipinski definition) is 1. The molecule has 2 rings (SSSR count). The van der Waals surface area contributed by atoms with Crippen LogP contribution in [0.2, 0.25) is 0 Å². The molecule has 1 atom stereocenters. The van der Waals surface area contributed by atoms with E-state index in [0.717, 1.165) is 32.5 Å². The molecule has 1 amide bonds. The molecule has 4 nitrogen and oxygen atoms in total. The van der Waals surface area contributed by atoms with E-state index in [2.05, 4.69) is 5.32 Å². The van der Waals surface area contributed by atoms with Gasteiger partial charge in [0.15, 0.2) is 0 Å². The van der Waals surface area contributed by atoms with Crippen LogP contribution in [0.15, 0.2) is 0 Å². The zero-order chi connectivity index (χ0) is 9.10. The molecule has 1 N–H and O–H groups in total. The van der Waals surface area contributed by atoms with Crippen molar-refractivity contribution < 1.29 is 9.53 Å². The summed E-state index contributed by atoms with van der Waals surface area (Å²) in [5, 5.41) is 3.17. The first-order valence-corrected chi connectivity index (χ1v) is 4.99. The van der Waals surface area contributed by atoms with Crippen LogP contribution in [-0.4, -0.2) is 49.7 Å². The maximum absolute atomic E-state index is 11.8. The van der Waals surface area contributed by atoms with E-state index in [1.807, 2.05) is 4.90 Å².